The van der Waals surface area contributed by atoms with E-state index in [-0.39, 0.29) is 11.7 Å². The van der Waals surface area contributed by atoms with Crippen LogP contribution in [0.5, 0.6) is 0 Å². The minimum Gasteiger partial charge on any atom is -0.325 e. The first-order valence-electron chi connectivity index (χ1n) is 10.5. The lowest BCUT2D eigenvalue weighted by Crippen LogP contribution is -2.16. The number of fused-ring (bicyclic) bond motifs is 2. The quantitative estimate of drug-likeness (QED) is 0.526. The number of hydrogen-bond acceptors (Lipinski definition) is 3. The largest absolute Gasteiger partial charge is 0.325 e. The van der Waals surface area contributed by atoms with Gasteiger partial charge in [0, 0.05) is 18.0 Å². The molecule has 2 saturated carbocycles. The van der Waals surface area contributed by atoms with E-state index in [4.69, 9.17) is 11.6 Å². The van der Waals surface area contributed by atoms with Gasteiger partial charge in [-0.25, -0.2) is 9.37 Å². The predicted molar refractivity (Wildman–Crippen MR) is 116 cm³/mol. The van der Waals surface area contributed by atoms with Crippen LogP contribution in [0.4, 0.5) is 10.1 Å². The molecular weight excluding hydrogens is 401 g/mol. The van der Waals surface area contributed by atoms with Crippen LogP contribution < -0.4 is 5.32 Å². The van der Waals surface area contributed by atoms with Crippen molar-refractivity contribution < 1.29 is 9.18 Å². The zero-order valence-electron chi connectivity index (χ0n) is 16.5. The van der Waals surface area contributed by atoms with Gasteiger partial charge >= 0.3 is 0 Å². The zero-order chi connectivity index (χ0) is 20.7. The Kier molecular flexibility index (Phi) is 5.15. The third-order valence-corrected chi connectivity index (χ3v) is 7.00. The van der Waals surface area contributed by atoms with Crippen LogP contribution in [0, 0.1) is 23.6 Å². The van der Waals surface area contributed by atoms with E-state index >= 15 is 0 Å². The number of carbonyl (C=O) groups is 1. The molecule has 154 valence electrons. The van der Waals surface area contributed by atoms with Crippen molar-refractivity contribution in [2.45, 2.75) is 38.0 Å². The number of nitrogens with zero attached hydrogens (tertiary/aromatic N) is 2. The summed E-state index contributed by atoms with van der Waals surface area (Å²) in [4.78, 5) is 20.8. The van der Waals surface area contributed by atoms with Gasteiger partial charge in [-0.05, 0) is 91.3 Å². The van der Waals surface area contributed by atoms with E-state index < -0.39 is 0 Å². The molecule has 0 unspecified atom stereocenters. The lowest BCUT2D eigenvalue weighted by atomic mass is 9.89. The summed E-state index contributed by atoms with van der Waals surface area (Å²) in [6.45, 7) is 0. The van der Waals surface area contributed by atoms with Crippen LogP contribution in [-0.4, -0.2) is 15.9 Å². The van der Waals surface area contributed by atoms with Gasteiger partial charge in [0.2, 0.25) is 5.91 Å². The zero-order valence-corrected chi connectivity index (χ0v) is 17.3. The number of anilines is 1. The van der Waals surface area contributed by atoms with Crippen LogP contribution in [0.15, 0.2) is 48.8 Å². The molecular formula is C24H23ClFN3O. The first-order valence-corrected chi connectivity index (χ1v) is 10.9. The minimum absolute atomic E-state index is 0.0382. The second-order valence-electron chi connectivity index (χ2n) is 8.71. The molecule has 4 atom stereocenters. The van der Waals surface area contributed by atoms with E-state index in [0.29, 0.717) is 40.9 Å². The van der Waals surface area contributed by atoms with Gasteiger partial charge in [0.25, 0.3) is 0 Å². The number of halogens is 2. The Labute approximate surface area is 179 Å². The smallest absolute Gasteiger partial charge is 0.224 e. The maximum Gasteiger partial charge on any atom is 0.224 e. The Morgan fingerprint density at radius 3 is 2.60 bits per heavy atom. The first kappa shape index (κ1) is 19.4. The molecule has 0 spiro atoms. The third kappa shape index (κ3) is 3.91. The van der Waals surface area contributed by atoms with Gasteiger partial charge in [0.1, 0.15) is 11.0 Å². The Hall–Kier alpha value is -2.53. The molecule has 0 radical (unpaired) electrons. The van der Waals surface area contributed by atoms with Crippen molar-refractivity contribution in [2.24, 2.45) is 17.8 Å². The number of benzene rings is 1. The fourth-order valence-corrected chi connectivity index (χ4v) is 5.69. The van der Waals surface area contributed by atoms with Gasteiger partial charge < -0.3 is 5.32 Å². The van der Waals surface area contributed by atoms with Gasteiger partial charge in [-0.2, -0.15) is 0 Å². The Bertz CT molecular complexity index is 1070. The summed E-state index contributed by atoms with van der Waals surface area (Å²) in [7, 11) is 0. The van der Waals surface area contributed by atoms with Crippen LogP contribution in [0.25, 0.3) is 10.9 Å². The van der Waals surface area contributed by atoms with Crippen molar-refractivity contribution >= 4 is 34.1 Å². The summed E-state index contributed by atoms with van der Waals surface area (Å²) < 4.78 is 13.8. The fraction of sp³-hybridized carbons (Fsp3) is 0.375. The molecule has 5 rings (SSSR count). The predicted octanol–water partition coefficient (Wildman–Crippen LogP) is 5.97. The molecule has 6 heteroatoms. The van der Waals surface area contributed by atoms with Crippen LogP contribution in [0.3, 0.4) is 0 Å². The Morgan fingerprint density at radius 1 is 1.07 bits per heavy atom. The minimum atomic E-state index is -0.211. The van der Waals surface area contributed by atoms with E-state index in [1.54, 1.807) is 30.5 Å². The highest BCUT2D eigenvalue weighted by Crippen LogP contribution is 2.53. The average Bonchev–Trinajstić information content (AvgIpc) is 3.27. The molecule has 2 fully saturated rings. The maximum absolute atomic E-state index is 13.8. The molecule has 30 heavy (non-hydrogen) atoms. The molecule has 1 aromatic carbocycles. The second kappa shape index (κ2) is 7.95. The summed E-state index contributed by atoms with van der Waals surface area (Å²) in [6.07, 6.45) is 8.36. The van der Waals surface area contributed by atoms with E-state index in [0.717, 1.165) is 36.6 Å². The van der Waals surface area contributed by atoms with E-state index in [2.05, 4.69) is 21.4 Å². The van der Waals surface area contributed by atoms with Crippen molar-refractivity contribution in [3.8, 4) is 0 Å². The lowest BCUT2D eigenvalue weighted by Gasteiger charge is -2.17. The molecule has 0 aliphatic heterocycles. The van der Waals surface area contributed by atoms with Gasteiger partial charge in [-0.15, -0.1) is 0 Å². The summed E-state index contributed by atoms with van der Waals surface area (Å²) in [5, 5.41) is 4.27. The number of hydrogen-bond donors (Lipinski definition) is 1. The molecule has 1 N–H and O–H groups in total. The van der Waals surface area contributed by atoms with Crippen LogP contribution in [0.2, 0.25) is 5.15 Å². The molecule has 2 aromatic heterocycles. The molecule has 2 aliphatic rings. The van der Waals surface area contributed by atoms with Crippen molar-refractivity contribution in [3.63, 3.8) is 0 Å². The third-order valence-electron chi connectivity index (χ3n) is 6.78. The molecule has 0 bridgehead atoms. The summed E-state index contributed by atoms with van der Waals surface area (Å²) in [6, 6.07) is 10.3. The van der Waals surface area contributed by atoms with E-state index in [1.165, 1.54) is 11.6 Å². The van der Waals surface area contributed by atoms with Crippen molar-refractivity contribution in [2.75, 3.05) is 5.32 Å². The first-order chi connectivity index (χ1) is 14.5. The number of amides is 1. The fourth-order valence-electron chi connectivity index (χ4n) is 5.58. The van der Waals surface area contributed by atoms with Crippen LogP contribution in [-0.2, 0) is 4.79 Å². The summed E-state index contributed by atoms with van der Waals surface area (Å²) >= 11 is 5.79. The number of nitrogens with one attached hydrogen (secondary N) is 1. The number of pyridine rings is 2. The maximum atomic E-state index is 13.8. The highest BCUT2D eigenvalue weighted by atomic mass is 35.5. The monoisotopic (exact) mass is 423 g/mol. The molecule has 3 aromatic rings. The molecule has 1 amide bonds. The number of carbonyl (C=O) groups excluding carboxylic acids is 1. The number of rotatable bonds is 4. The molecule has 4 nitrogen and oxygen atoms in total. The van der Waals surface area contributed by atoms with E-state index in [1.807, 2.05) is 6.20 Å². The topological polar surface area (TPSA) is 54.9 Å². The second-order valence-corrected chi connectivity index (χ2v) is 9.10. The SMILES string of the molecule is O=C(C[C@@H]1C[C@@H]2C[C@H](c3ccnc4ccc(F)cc34)C[C@@H]2C1)Nc1ccc(Cl)nc1. The van der Waals surface area contributed by atoms with Crippen molar-refractivity contribution in [3.05, 3.63) is 65.3 Å². The highest BCUT2D eigenvalue weighted by molar-refractivity contribution is 6.29. The van der Waals surface area contributed by atoms with Crippen LogP contribution in [0.1, 0.15) is 43.6 Å². The lowest BCUT2D eigenvalue weighted by molar-refractivity contribution is -0.117. The molecule has 2 aliphatic carbocycles. The standard InChI is InChI=1S/C24H23ClFN3O/c25-23-4-2-19(13-28-23)29-24(30)9-14-7-15-10-17(11-16(15)8-14)20-5-6-27-22-3-1-18(26)12-21(20)22/h1-6,12-17H,7-11H2,(H,29,30)/t14-,15-,16+,17+. The number of aromatic nitrogens is 2. The van der Waals surface area contributed by atoms with Gasteiger partial charge in [-0.1, -0.05) is 11.6 Å². The highest BCUT2D eigenvalue weighted by Gasteiger charge is 2.42. The summed E-state index contributed by atoms with van der Waals surface area (Å²) in [5.41, 5.74) is 2.76. The van der Waals surface area contributed by atoms with Crippen molar-refractivity contribution in [1.29, 1.82) is 0 Å². The van der Waals surface area contributed by atoms with Crippen molar-refractivity contribution in [1.82, 2.24) is 9.97 Å². The Morgan fingerprint density at radius 2 is 1.87 bits per heavy atom. The van der Waals surface area contributed by atoms with E-state index in [9.17, 15) is 9.18 Å². The summed E-state index contributed by atoms with van der Waals surface area (Å²) in [5.74, 6) is 1.98. The normalized spacial score (nSPS) is 25.4. The Balaban J connectivity index is 1.21. The van der Waals surface area contributed by atoms with Gasteiger partial charge in [0.15, 0.2) is 0 Å². The molecule has 0 saturated heterocycles. The average molecular weight is 424 g/mol. The van der Waals surface area contributed by atoms with Gasteiger partial charge in [0.05, 0.1) is 17.4 Å². The van der Waals surface area contributed by atoms with Gasteiger partial charge in [-0.3, -0.25) is 9.78 Å². The molecule has 2 heterocycles. The van der Waals surface area contributed by atoms with Crippen LogP contribution >= 0.6 is 11.6 Å².